The first-order valence-electron chi connectivity index (χ1n) is 3.75. The number of hydrogen-bond acceptors (Lipinski definition) is 1. The van der Waals surface area contributed by atoms with E-state index in [1.165, 1.54) is 5.56 Å². The molecule has 0 heterocycles. The minimum atomic E-state index is 0.193. The van der Waals surface area contributed by atoms with Crippen molar-refractivity contribution in [3.8, 4) is 0 Å². The van der Waals surface area contributed by atoms with Gasteiger partial charge in [-0.25, -0.2) is 0 Å². The van der Waals surface area contributed by atoms with E-state index in [0.717, 1.165) is 17.5 Å². The summed E-state index contributed by atoms with van der Waals surface area (Å²) in [5.74, 6) is 0.193. The summed E-state index contributed by atoms with van der Waals surface area (Å²) in [6.07, 6.45) is 2.56. The van der Waals surface area contributed by atoms with Crippen LogP contribution < -0.4 is 5.11 Å². The molecule has 0 aliphatic heterocycles. The zero-order chi connectivity index (χ0) is 7.84. The molecule has 1 aliphatic carbocycles. The van der Waals surface area contributed by atoms with Gasteiger partial charge in [-0.1, -0.05) is 24.3 Å². The first-order chi connectivity index (χ1) is 5.29. The average molecular weight is 145 g/mol. The molecule has 1 aromatic rings. The van der Waals surface area contributed by atoms with Crippen LogP contribution in [0.15, 0.2) is 24.3 Å². The van der Waals surface area contributed by atoms with Crippen molar-refractivity contribution < 1.29 is 5.11 Å². The molecule has 1 heteroatoms. The highest BCUT2D eigenvalue weighted by molar-refractivity contribution is 5.68. The zero-order valence-electron chi connectivity index (χ0n) is 6.42. The number of fused-ring (bicyclic) bond motifs is 1. The van der Waals surface area contributed by atoms with E-state index < -0.39 is 0 Å². The standard InChI is InChI=1S/C10H10O/c1-7-3-2-4-8-5-6-9(11)10(7)8/h2-4,6,11H,5H2,1H3/p-1. The molecule has 0 fully saturated rings. The predicted octanol–water partition coefficient (Wildman–Crippen LogP) is 1.25. The first-order valence-corrected chi connectivity index (χ1v) is 3.75. The molecule has 1 nitrogen and oxygen atoms in total. The van der Waals surface area contributed by atoms with Crippen LogP contribution in [-0.4, -0.2) is 0 Å². The molecule has 0 radical (unpaired) electrons. The molecule has 1 aromatic carbocycles. The first kappa shape index (κ1) is 6.47. The Morgan fingerprint density at radius 2 is 2.18 bits per heavy atom. The molecular formula is C10H9O-. The molecule has 56 valence electrons. The maximum atomic E-state index is 11.2. The Kier molecular flexibility index (Phi) is 1.25. The molecular weight excluding hydrogens is 136 g/mol. The minimum absolute atomic E-state index is 0.193. The molecule has 0 bridgehead atoms. The molecule has 0 saturated carbocycles. The highest BCUT2D eigenvalue weighted by atomic mass is 16.3. The maximum absolute atomic E-state index is 11.2. The molecule has 0 amide bonds. The van der Waals surface area contributed by atoms with Gasteiger partial charge in [0.15, 0.2) is 0 Å². The van der Waals surface area contributed by atoms with Gasteiger partial charge in [0.25, 0.3) is 0 Å². The normalized spacial score (nSPS) is 14.5. The summed E-state index contributed by atoms with van der Waals surface area (Å²) in [5.41, 5.74) is 3.20. The van der Waals surface area contributed by atoms with E-state index >= 15 is 0 Å². The Balaban J connectivity index is 2.67. The van der Waals surface area contributed by atoms with Crippen molar-refractivity contribution in [1.82, 2.24) is 0 Å². The van der Waals surface area contributed by atoms with Crippen molar-refractivity contribution >= 4 is 5.76 Å². The van der Waals surface area contributed by atoms with Gasteiger partial charge in [0, 0.05) is 0 Å². The van der Waals surface area contributed by atoms with E-state index in [-0.39, 0.29) is 5.76 Å². The second-order valence-electron chi connectivity index (χ2n) is 2.88. The van der Waals surface area contributed by atoms with E-state index in [4.69, 9.17) is 0 Å². The molecule has 2 rings (SSSR count). The van der Waals surface area contributed by atoms with Gasteiger partial charge in [-0.15, -0.1) is 5.76 Å². The Bertz CT molecular complexity index is 324. The van der Waals surface area contributed by atoms with Crippen molar-refractivity contribution in [3.05, 3.63) is 41.0 Å². The van der Waals surface area contributed by atoms with Crippen LogP contribution in [0.25, 0.3) is 5.76 Å². The molecule has 0 aromatic heterocycles. The fourth-order valence-electron chi connectivity index (χ4n) is 1.56. The third kappa shape index (κ3) is 0.845. The SMILES string of the molecule is Cc1cccc2c1C([O-])=CC2. The maximum Gasteiger partial charge on any atom is -0.00943 e. The summed E-state index contributed by atoms with van der Waals surface area (Å²) in [7, 11) is 0. The van der Waals surface area contributed by atoms with Gasteiger partial charge >= 0.3 is 0 Å². The van der Waals surface area contributed by atoms with Crippen molar-refractivity contribution in [2.75, 3.05) is 0 Å². The summed E-state index contributed by atoms with van der Waals surface area (Å²) in [4.78, 5) is 0. The van der Waals surface area contributed by atoms with Crippen LogP contribution in [0.5, 0.6) is 0 Å². The van der Waals surface area contributed by atoms with Crippen LogP contribution in [-0.2, 0) is 6.42 Å². The van der Waals surface area contributed by atoms with Gasteiger partial charge in [0.2, 0.25) is 0 Å². The largest absolute Gasteiger partial charge is 0.872 e. The number of allylic oxidation sites excluding steroid dienone is 1. The van der Waals surface area contributed by atoms with E-state index in [2.05, 4.69) is 0 Å². The number of benzene rings is 1. The van der Waals surface area contributed by atoms with Crippen molar-refractivity contribution in [1.29, 1.82) is 0 Å². The van der Waals surface area contributed by atoms with Crippen LogP contribution in [0.2, 0.25) is 0 Å². The van der Waals surface area contributed by atoms with Gasteiger partial charge in [-0.3, -0.25) is 0 Å². The third-order valence-corrected chi connectivity index (χ3v) is 2.11. The monoisotopic (exact) mass is 145 g/mol. The topological polar surface area (TPSA) is 23.1 Å². The molecule has 11 heavy (non-hydrogen) atoms. The van der Waals surface area contributed by atoms with E-state index in [9.17, 15) is 5.11 Å². The van der Waals surface area contributed by atoms with Crippen LogP contribution >= 0.6 is 0 Å². The molecule has 1 aliphatic rings. The third-order valence-electron chi connectivity index (χ3n) is 2.11. The summed E-state index contributed by atoms with van der Waals surface area (Å²) < 4.78 is 0. The lowest BCUT2D eigenvalue weighted by Gasteiger charge is -2.11. The quantitative estimate of drug-likeness (QED) is 0.539. The summed E-state index contributed by atoms with van der Waals surface area (Å²) in [6.45, 7) is 1.98. The van der Waals surface area contributed by atoms with E-state index in [1.807, 2.05) is 25.1 Å². The number of aryl methyl sites for hydroxylation is 1. The predicted molar refractivity (Wildman–Crippen MR) is 42.9 cm³/mol. The van der Waals surface area contributed by atoms with Gasteiger partial charge < -0.3 is 5.11 Å². The van der Waals surface area contributed by atoms with Crippen LogP contribution in [0.1, 0.15) is 16.7 Å². The van der Waals surface area contributed by atoms with Crippen molar-refractivity contribution in [2.24, 2.45) is 0 Å². The molecule has 0 atom stereocenters. The molecule has 0 spiro atoms. The second kappa shape index (κ2) is 2.12. The summed E-state index contributed by atoms with van der Waals surface area (Å²) >= 11 is 0. The van der Waals surface area contributed by atoms with Gasteiger partial charge in [-0.05, 0) is 30.0 Å². The van der Waals surface area contributed by atoms with Gasteiger partial charge in [0.05, 0.1) is 0 Å². The fraction of sp³-hybridized carbons (Fsp3) is 0.200. The highest BCUT2D eigenvalue weighted by Gasteiger charge is 2.07. The smallest absolute Gasteiger partial charge is 0.00943 e. The Labute approximate surface area is 66.0 Å². The van der Waals surface area contributed by atoms with E-state index in [1.54, 1.807) is 6.08 Å². The zero-order valence-corrected chi connectivity index (χ0v) is 6.42. The number of hydrogen-bond donors (Lipinski definition) is 0. The fourth-order valence-corrected chi connectivity index (χ4v) is 1.56. The Hall–Kier alpha value is -1.24. The lowest BCUT2D eigenvalue weighted by atomic mass is 10.0. The number of rotatable bonds is 0. The van der Waals surface area contributed by atoms with Crippen molar-refractivity contribution in [2.45, 2.75) is 13.3 Å². The molecule has 0 unspecified atom stereocenters. The Morgan fingerprint density at radius 1 is 1.36 bits per heavy atom. The van der Waals surface area contributed by atoms with Gasteiger partial charge in [-0.2, -0.15) is 0 Å². The second-order valence-corrected chi connectivity index (χ2v) is 2.88. The van der Waals surface area contributed by atoms with Crippen LogP contribution in [0.3, 0.4) is 0 Å². The average Bonchev–Trinajstić information content (AvgIpc) is 2.34. The van der Waals surface area contributed by atoms with Crippen LogP contribution in [0, 0.1) is 6.92 Å². The molecule has 0 saturated heterocycles. The Morgan fingerprint density at radius 3 is 2.91 bits per heavy atom. The lowest BCUT2D eigenvalue weighted by molar-refractivity contribution is -0.243. The van der Waals surface area contributed by atoms with Crippen LogP contribution in [0.4, 0.5) is 0 Å². The van der Waals surface area contributed by atoms with Gasteiger partial charge in [0.1, 0.15) is 0 Å². The summed E-state index contributed by atoms with van der Waals surface area (Å²) in [5, 5.41) is 11.2. The molecule has 0 N–H and O–H groups in total. The van der Waals surface area contributed by atoms with Crippen molar-refractivity contribution in [3.63, 3.8) is 0 Å². The lowest BCUT2D eigenvalue weighted by Crippen LogP contribution is -2.01. The minimum Gasteiger partial charge on any atom is -0.872 e. The highest BCUT2D eigenvalue weighted by Crippen LogP contribution is 2.25. The van der Waals surface area contributed by atoms with E-state index in [0.29, 0.717) is 0 Å². The summed E-state index contributed by atoms with van der Waals surface area (Å²) in [6, 6.07) is 6.00.